The minimum absolute atomic E-state index is 0.0840. The molecule has 1 aromatic carbocycles. The van der Waals surface area contributed by atoms with Crippen LogP contribution >= 0.6 is 11.6 Å². The third kappa shape index (κ3) is 3.80. The smallest absolute Gasteiger partial charge is 0.303 e. The number of nitrogens with one attached hydrogen (secondary N) is 2. The Labute approximate surface area is 167 Å². The first-order valence-electron chi connectivity index (χ1n) is 9.01. The number of H-pyrrole nitrogens is 1. The Kier molecular flexibility index (Phi) is 5.84. The van der Waals surface area contributed by atoms with E-state index in [1.165, 1.54) is 10.8 Å². The van der Waals surface area contributed by atoms with E-state index in [0.717, 1.165) is 11.3 Å². The summed E-state index contributed by atoms with van der Waals surface area (Å²) in [5.41, 5.74) is 1.39. The molecule has 1 aliphatic rings. The third-order valence-electron chi connectivity index (χ3n) is 4.38. The van der Waals surface area contributed by atoms with E-state index in [2.05, 4.69) is 17.0 Å². The van der Waals surface area contributed by atoms with Gasteiger partial charge in [-0.1, -0.05) is 37.1 Å². The van der Waals surface area contributed by atoms with Crippen LogP contribution in [0.5, 0.6) is 0 Å². The number of carbonyl (C=O) groups excluding carboxylic acids is 2. The van der Waals surface area contributed by atoms with Crippen LogP contribution in [0, 0.1) is 0 Å². The van der Waals surface area contributed by atoms with Gasteiger partial charge in [0.2, 0.25) is 0 Å². The van der Waals surface area contributed by atoms with Gasteiger partial charge in [-0.05, 0) is 37.1 Å². The minimum atomic E-state index is -0.499. The maximum absolute atomic E-state index is 13.0. The highest BCUT2D eigenvalue weighted by atomic mass is 35.5. The second-order valence-corrected chi connectivity index (χ2v) is 6.83. The molecule has 0 aliphatic carbocycles. The quantitative estimate of drug-likeness (QED) is 0.425. The summed E-state index contributed by atoms with van der Waals surface area (Å²) in [6, 6.07) is 6.41. The molecule has 7 nitrogen and oxygen atoms in total. The Bertz CT molecular complexity index is 1020. The van der Waals surface area contributed by atoms with Crippen molar-refractivity contribution in [2.24, 2.45) is 0 Å². The monoisotopic (exact) mass is 400 g/mol. The number of benzene rings is 1. The predicted octanol–water partition coefficient (Wildman–Crippen LogP) is 3.24. The van der Waals surface area contributed by atoms with E-state index in [4.69, 9.17) is 11.6 Å². The summed E-state index contributed by atoms with van der Waals surface area (Å²) in [6.07, 6.45) is 5.00. The van der Waals surface area contributed by atoms with Crippen LogP contribution in [-0.2, 0) is 11.2 Å². The van der Waals surface area contributed by atoms with Gasteiger partial charge in [0, 0.05) is 17.3 Å². The summed E-state index contributed by atoms with van der Waals surface area (Å²) in [7, 11) is 0. The van der Waals surface area contributed by atoms with Crippen LogP contribution in [0.4, 0.5) is 4.79 Å². The van der Waals surface area contributed by atoms with E-state index in [0.29, 0.717) is 34.8 Å². The summed E-state index contributed by atoms with van der Waals surface area (Å²) < 4.78 is 1.39. The van der Waals surface area contributed by atoms with Gasteiger partial charge in [0.05, 0.1) is 11.3 Å². The molecule has 1 fully saturated rings. The molecule has 0 bridgehead atoms. The lowest BCUT2D eigenvalue weighted by Crippen LogP contribution is -2.31. The Balaban J connectivity index is 2.03. The topological polar surface area (TPSA) is 87.2 Å². The van der Waals surface area contributed by atoms with Gasteiger partial charge in [0.15, 0.2) is 0 Å². The number of hydrogen-bond donors (Lipinski definition) is 2. The molecule has 0 radical (unpaired) electrons. The summed E-state index contributed by atoms with van der Waals surface area (Å²) in [5.74, 6) is -0.454. The first kappa shape index (κ1) is 19.7. The van der Waals surface area contributed by atoms with Crippen molar-refractivity contribution in [3.63, 3.8) is 0 Å². The number of halogens is 1. The van der Waals surface area contributed by atoms with Crippen molar-refractivity contribution in [1.29, 1.82) is 0 Å². The van der Waals surface area contributed by atoms with Crippen LogP contribution in [0.3, 0.4) is 0 Å². The average molecular weight is 401 g/mol. The Morgan fingerprint density at radius 3 is 2.71 bits per heavy atom. The largest absolute Gasteiger partial charge is 0.329 e. The number of rotatable bonds is 7. The van der Waals surface area contributed by atoms with Crippen molar-refractivity contribution in [1.82, 2.24) is 20.0 Å². The molecular weight excluding hydrogens is 380 g/mol. The summed E-state index contributed by atoms with van der Waals surface area (Å²) in [4.78, 5) is 38.7. The van der Waals surface area contributed by atoms with E-state index in [1.807, 2.05) is 6.92 Å². The zero-order valence-corrected chi connectivity index (χ0v) is 16.3. The Morgan fingerprint density at radius 1 is 1.25 bits per heavy atom. The highest BCUT2D eigenvalue weighted by molar-refractivity contribution is 6.30. The summed E-state index contributed by atoms with van der Waals surface area (Å²) in [6.45, 7) is 5.83. The lowest BCUT2D eigenvalue weighted by atomic mass is 10.1. The number of urea groups is 1. The van der Waals surface area contributed by atoms with Crippen molar-refractivity contribution >= 4 is 29.6 Å². The average Bonchev–Trinajstić information content (AvgIpc) is 3.11. The van der Waals surface area contributed by atoms with E-state index in [1.54, 1.807) is 30.3 Å². The fourth-order valence-electron chi connectivity index (χ4n) is 3.02. The SMILES string of the molecule is C=CCCN1C(=O)N/C(=C\c2c(CCC)[nH]n(-c3cccc(Cl)c3)c2=O)C1=O. The first-order valence-corrected chi connectivity index (χ1v) is 9.39. The van der Waals surface area contributed by atoms with Crippen LogP contribution in [0.25, 0.3) is 11.8 Å². The molecule has 1 aromatic heterocycles. The second-order valence-electron chi connectivity index (χ2n) is 6.40. The van der Waals surface area contributed by atoms with Gasteiger partial charge in [0.25, 0.3) is 11.5 Å². The molecule has 0 spiro atoms. The van der Waals surface area contributed by atoms with Crippen LogP contribution in [0.1, 0.15) is 31.0 Å². The molecule has 0 atom stereocenters. The normalized spacial score (nSPS) is 15.4. The van der Waals surface area contributed by atoms with Gasteiger partial charge >= 0.3 is 6.03 Å². The van der Waals surface area contributed by atoms with Gasteiger partial charge in [-0.3, -0.25) is 19.6 Å². The molecule has 2 N–H and O–H groups in total. The number of aromatic nitrogens is 2. The molecule has 0 unspecified atom stereocenters. The maximum Gasteiger partial charge on any atom is 0.329 e. The molecular formula is C20H21ClN4O3. The highest BCUT2D eigenvalue weighted by Gasteiger charge is 2.33. The third-order valence-corrected chi connectivity index (χ3v) is 4.61. The number of imide groups is 1. The molecule has 2 heterocycles. The Hall–Kier alpha value is -3.06. The van der Waals surface area contributed by atoms with E-state index < -0.39 is 11.9 Å². The van der Waals surface area contributed by atoms with Crippen molar-refractivity contribution in [2.75, 3.05) is 6.54 Å². The molecule has 1 aliphatic heterocycles. The van der Waals surface area contributed by atoms with Gasteiger partial charge in [0.1, 0.15) is 5.70 Å². The summed E-state index contributed by atoms with van der Waals surface area (Å²) in [5, 5.41) is 6.14. The number of amides is 3. The molecule has 3 amide bonds. The van der Waals surface area contributed by atoms with Gasteiger partial charge in [-0.2, -0.15) is 0 Å². The zero-order chi connectivity index (χ0) is 20.3. The highest BCUT2D eigenvalue weighted by Crippen LogP contribution is 2.18. The molecule has 3 rings (SSSR count). The number of aryl methyl sites for hydroxylation is 1. The molecule has 146 valence electrons. The minimum Gasteiger partial charge on any atom is -0.303 e. The van der Waals surface area contributed by atoms with Crippen LogP contribution in [0.2, 0.25) is 5.02 Å². The van der Waals surface area contributed by atoms with Crippen molar-refractivity contribution in [2.45, 2.75) is 26.2 Å². The van der Waals surface area contributed by atoms with E-state index in [-0.39, 0.29) is 17.8 Å². The fourth-order valence-corrected chi connectivity index (χ4v) is 3.21. The number of aromatic amines is 1. The van der Waals surface area contributed by atoms with E-state index >= 15 is 0 Å². The van der Waals surface area contributed by atoms with Crippen LogP contribution < -0.4 is 10.9 Å². The molecule has 2 aromatic rings. The van der Waals surface area contributed by atoms with Gasteiger partial charge in [-0.25, -0.2) is 9.48 Å². The van der Waals surface area contributed by atoms with E-state index in [9.17, 15) is 14.4 Å². The van der Waals surface area contributed by atoms with Crippen molar-refractivity contribution < 1.29 is 9.59 Å². The van der Waals surface area contributed by atoms with Gasteiger partial charge < -0.3 is 5.32 Å². The van der Waals surface area contributed by atoms with Gasteiger partial charge in [-0.15, -0.1) is 6.58 Å². The van der Waals surface area contributed by atoms with Crippen LogP contribution in [0.15, 0.2) is 47.4 Å². The van der Waals surface area contributed by atoms with Crippen molar-refractivity contribution in [3.8, 4) is 5.69 Å². The standard InChI is InChI=1S/C20H21ClN4O3/c1-3-5-10-24-19(27)17(22-20(24)28)12-15-16(7-4-2)23-25(18(15)26)14-9-6-8-13(21)11-14/h3,6,8-9,11-12,23H,1,4-5,7,10H2,2H3,(H,22,28)/b17-12-. The lowest BCUT2D eigenvalue weighted by Gasteiger charge is -2.08. The summed E-state index contributed by atoms with van der Waals surface area (Å²) >= 11 is 6.04. The zero-order valence-electron chi connectivity index (χ0n) is 15.5. The second kappa shape index (κ2) is 8.31. The lowest BCUT2D eigenvalue weighted by molar-refractivity contribution is -0.122. The number of nitrogens with zero attached hydrogens (tertiary/aromatic N) is 2. The molecule has 28 heavy (non-hydrogen) atoms. The predicted molar refractivity (Wildman–Crippen MR) is 108 cm³/mol. The molecule has 8 heteroatoms. The number of carbonyl (C=O) groups is 2. The van der Waals surface area contributed by atoms with Crippen LogP contribution in [-0.4, -0.2) is 33.2 Å². The molecule has 0 saturated carbocycles. The van der Waals surface area contributed by atoms with Crippen molar-refractivity contribution in [3.05, 3.63) is 69.3 Å². The maximum atomic E-state index is 13.0. The Morgan fingerprint density at radius 2 is 2.04 bits per heavy atom. The first-order chi connectivity index (χ1) is 13.5. The number of hydrogen-bond acceptors (Lipinski definition) is 3. The molecule has 1 saturated heterocycles. The fraction of sp³-hybridized carbons (Fsp3) is 0.250.